The molecule has 5 rings (SSSR count). The summed E-state index contributed by atoms with van der Waals surface area (Å²) >= 11 is 4.94. The van der Waals surface area contributed by atoms with E-state index in [1.165, 1.54) is 23.6 Å². The number of halogens is 2. The first-order valence-electron chi connectivity index (χ1n) is 11.9. The van der Waals surface area contributed by atoms with E-state index < -0.39 is 0 Å². The minimum atomic E-state index is -0.355. The average Bonchev–Trinajstić information content (AvgIpc) is 3.42. The molecular formula is C30H22BrFN4O2S. The third-order valence-corrected chi connectivity index (χ3v) is 6.91. The summed E-state index contributed by atoms with van der Waals surface area (Å²) in [4.78, 5) is 17.3. The minimum absolute atomic E-state index is 0.0661. The third kappa shape index (κ3) is 6.95. The molecule has 2 N–H and O–H groups in total. The Bertz CT molecular complexity index is 1610. The summed E-state index contributed by atoms with van der Waals surface area (Å²) in [6.45, 7) is 0.0661. The number of aromatic nitrogens is 1. The van der Waals surface area contributed by atoms with Crippen LogP contribution in [-0.2, 0) is 6.61 Å². The fourth-order valence-corrected chi connectivity index (χ4v) is 4.77. The normalized spacial score (nSPS) is 10.9. The standard InChI is InChI=1S/C30H22BrFN4O2S/c31-24-14-15-28(38-18-22-6-4-5-9-26(22)32)23(16-24)17-33-36-29(37)21-12-10-20(11-13-21)27-19-39-30(35-27)34-25-7-2-1-3-8-25/h1-17,19H,18H2,(H,34,35)(H,36,37)/b33-17-. The quantitative estimate of drug-likeness (QED) is 0.134. The predicted octanol–water partition coefficient (Wildman–Crippen LogP) is 7.80. The molecule has 1 amide bonds. The van der Waals surface area contributed by atoms with E-state index in [2.05, 4.69) is 36.8 Å². The van der Waals surface area contributed by atoms with E-state index in [0.717, 1.165) is 26.5 Å². The first kappa shape index (κ1) is 26.3. The molecule has 0 aliphatic heterocycles. The van der Waals surface area contributed by atoms with Gasteiger partial charge in [-0.3, -0.25) is 4.79 Å². The van der Waals surface area contributed by atoms with Gasteiger partial charge in [0, 0.05) is 37.8 Å². The Hall–Kier alpha value is -4.34. The van der Waals surface area contributed by atoms with Gasteiger partial charge in [0.2, 0.25) is 0 Å². The Labute approximate surface area is 237 Å². The van der Waals surface area contributed by atoms with Crippen LogP contribution in [0.4, 0.5) is 15.2 Å². The lowest BCUT2D eigenvalue weighted by Gasteiger charge is -2.10. The zero-order chi connectivity index (χ0) is 27.0. The van der Waals surface area contributed by atoms with Crippen molar-refractivity contribution in [1.29, 1.82) is 0 Å². The molecule has 0 atom stereocenters. The van der Waals surface area contributed by atoms with Crippen molar-refractivity contribution in [2.45, 2.75) is 6.61 Å². The summed E-state index contributed by atoms with van der Waals surface area (Å²) in [7, 11) is 0. The monoisotopic (exact) mass is 600 g/mol. The number of carbonyl (C=O) groups is 1. The van der Waals surface area contributed by atoms with Crippen molar-refractivity contribution in [3.8, 4) is 17.0 Å². The maximum Gasteiger partial charge on any atom is 0.271 e. The second kappa shape index (κ2) is 12.5. The number of benzene rings is 4. The number of anilines is 2. The first-order valence-corrected chi connectivity index (χ1v) is 13.6. The second-order valence-corrected chi connectivity index (χ2v) is 10.1. The molecule has 0 aliphatic rings. The van der Waals surface area contributed by atoms with Gasteiger partial charge in [-0.25, -0.2) is 14.8 Å². The van der Waals surface area contributed by atoms with E-state index in [9.17, 15) is 9.18 Å². The number of nitrogens with zero attached hydrogens (tertiary/aromatic N) is 2. The molecule has 194 valence electrons. The van der Waals surface area contributed by atoms with Crippen LogP contribution in [0.25, 0.3) is 11.3 Å². The maximum absolute atomic E-state index is 13.9. The van der Waals surface area contributed by atoms with E-state index >= 15 is 0 Å². The summed E-state index contributed by atoms with van der Waals surface area (Å²) in [5.74, 6) is -0.179. The molecular weight excluding hydrogens is 579 g/mol. The molecule has 9 heteroatoms. The number of ether oxygens (including phenoxy) is 1. The molecule has 0 aliphatic carbocycles. The highest BCUT2D eigenvalue weighted by Gasteiger charge is 2.09. The average molecular weight is 602 g/mol. The van der Waals surface area contributed by atoms with Crippen LogP contribution < -0.4 is 15.5 Å². The molecule has 1 aromatic heterocycles. The van der Waals surface area contributed by atoms with Crippen molar-refractivity contribution in [2.24, 2.45) is 5.10 Å². The Kier molecular flexibility index (Phi) is 8.40. The molecule has 0 radical (unpaired) electrons. The lowest BCUT2D eigenvalue weighted by atomic mass is 10.1. The van der Waals surface area contributed by atoms with Gasteiger partial charge in [0.25, 0.3) is 5.91 Å². The lowest BCUT2D eigenvalue weighted by Crippen LogP contribution is -2.17. The van der Waals surface area contributed by atoms with Crippen molar-refractivity contribution in [2.75, 3.05) is 5.32 Å². The molecule has 6 nitrogen and oxygen atoms in total. The molecule has 39 heavy (non-hydrogen) atoms. The van der Waals surface area contributed by atoms with Crippen molar-refractivity contribution in [1.82, 2.24) is 10.4 Å². The Morgan fingerprint density at radius 1 is 1.00 bits per heavy atom. The number of hydrogen-bond acceptors (Lipinski definition) is 6. The number of thiazole rings is 1. The highest BCUT2D eigenvalue weighted by molar-refractivity contribution is 9.10. The molecule has 4 aromatic carbocycles. The van der Waals surface area contributed by atoms with Gasteiger partial charge in [-0.1, -0.05) is 64.5 Å². The van der Waals surface area contributed by atoms with Crippen molar-refractivity contribution in [3.63, 3.8) is 0 Å². The Morgan fingerprint density at radius 3 is 2.56 bits per heavy atom. The Balaban J connectivity index is 1.20. The van der Waals surface area contributed by atoms with Crippen molar-refractivity contribution < 1.29 is 13.9 Å². The summed E-state index contributed by atoms with van der Waals surface area (Å²) in [5, 5.41) is 10.1. The van der Waals surface area contributed by atoms with Crippen LogP contribution in [0, 0.1) is 5.82 Å². The number of amides is 1. The van der Waals surface area contributed by atoms with Crippen molar-refractivity contribution >= 4 is 50.2 Å². The summed E-state index contributed by atoms with van der Waals surface area (Å²) in [6, 6.07) is 28.8. The van der Waals surface area contributed by atoms with Crippen LogP contribution in [0.5, 0.6) is 5.75 Å². The third-order valence-electron chi connectivity index (χ3n) is 5.65. The maximum atomic E-state index is 13.9. The number of rotatable bonds is 9. The van der Waals surface area contributed by atoms with Gasteiger partial charge in [0.1, 0.15) is 18.2 Å². The van der Waals surface area contributed by atoms with E-state index in [-0.39, 0.29) is 18.3 Å². The fourth-order valence-electron chi connectivity index (χ4n) is 3.65. The van der Waals surface area contributed by atoms with Gasteiger partial charge < -0.3 is 10.1 Å². The van der Waals surface area contributed by atoms with Crippen LogP contribution in [0.1, 0.15) is 21.5 Å². The number of hydrazone groups is 1. The van der Waals surface area contributed by atoms with Crippen LogP contribution >= 0.6 is 27.3 Å². The van der Waals surface area contributed by atoms with E-state index in [1.807, 2.05) is 53.9 Å². The van der Waals surface area contributed by atoms with Gasteiger partial charge in [0.05, 0.1) is 11.9 Å². The first-order chi connectivity index (χ1) is 19.0. The number of nitrogens with one attached hydrogen (secondary N) is 2. The summed E-state index contributed by atoms with van der Waals surface area (Å²) in [5.41, 5.74) is 6.76. The van der Waals surface area contributed by atoms with Crippen LogP contribution in [0.3, 0.4) is 0 Å². The molecule has 1 heterocycles. The minimum Gasteiger partial charge on any atom is -0.488 e. The van der Waals surface area contributed by atoms with Gasteiger partial charge in [-0.15, -0.1) is 11.3 Å². The van der Waals surface area contributed by atoms with Crippen LogP contribution in [0.15, 0.2) is 112 Å². The largest absolute Gasteiger partial charge is 0.488 e. The van der Waals surface area contributed by atoms with Gasteiger partial charge in [0.15, 0.2) is 5.13 Å². The molecule has 5 aromatic rings. The van der Waals surface area contributed by atoms with Gasteiger partial charge in [-0.05, 0) is 48.5 Å². The number of para-hydroxylation sites is 1. The fraction of sp³-hybridized carbons (Fsp3) is 0.0333. The Morgan fingerprint density at radius 2 is 1.77 bits per heavy atom. The molecule has 0 spiro atoms. The zero-order valence-electron chi connectivity index (χ0n) is 20.5. The van der Waals surface area contributed by atoms with Crippen LogP contribution in [0.2, 0.25) is 0 Å². The predicted molar refractivity (Wildman–Crippen MR) is 157 cm³/mol. The molecule has 0 unspecified atom stereocenters. The van der Waals surface area contributed by atoms with E-state index in [4.69, 9.17) is 4.74 Å². The van der Waals surface area contributed by atoms with E-state index in [0.29, 0.717) is 22.4 Å². The second-order valence-electron chi connectivity index (χ2n) is 8.37. The highest BCUT2D eigenvalue weighted by atomic mass is 79.9. The lowest BCUT2D eigenvalue weighted by molar-refractivity contribution is 0.0955. The van der Waals surface area contributed by atoms with Crippen molar-refractivity contribution in [3.05, 3.63) is 129 Å². The van der Waals surface area contributed by atoms with E-state index in [1.54, 1.807) is 42.5 Å². The smallest absolute Gasteiger partial charge is 0.271 e. The van der Waals surface area contributed by atoms with Gasteiger partial charge in [-0.2, -0.15) is 5.10 Å². The van der Waals surface area contributed by atoms with Gasteiger partial charge >= 0.3 is 0 Å². The molecule has 0 bridgehead atoms. The highest BCUT2D eigenvalue weighted by Crippen LogP contribution is 2.27. The number of carbonyl (C=O) groups excluding carboxylic acids is 1. The zero-order valence-corrected chi connectivity index (χ0v) is 22.9. The topological polar surface area (TPSA) is 75.6 Å². The molecule has 0 saturated carbocycles. The van der Waals surface area contributed by atoms with Crippen LogP contribution in [-0.4, -0.2) is 17.1 Å². The molecule has 0 saturated heterocycles. The summed E-state index contributed by atoms with van der Waals surface area (Å²) in [6.07, 6.45) is 1.49. The molecule has 0 fully saturated rings. The number of hydrogen-bond donors (Lipinski definition) is 2. The SMILES string of the molecule is O=C(N/N=C\c1cc(Br)ccc1OCc1ccccc1F)c1ccc(-c2csc(Nc3ccccc3)n2)cc1. The summed E-state index contributed by atoms with van der Waals surface area (Å²) < 4.78 is 20.6.